The minimum absolute atomic E-state index is 0.158. The average molecular weight is 443 g/mol. The number of hydrogen-bond donors (Lipinski definition) is 2. The fraction of sp³-hybridized carbons (Fsp3) is 0.235. The second kappa shape index (κ2) is 7.91. The molecule has 0 aliphatic carbocycles. The van der Waals surface area contributed by atoms with Gasteiger partial charge in [-0.2, -0.15) is 13.8 Å². The van der Waals surface area contributed by atoms with E-state index in [1.807, 2.05) is 5.10 Å². The summed E-state index contributed by atoms with van der Waals surface area (Å²) in [5, 5.41) is 7.43. The van der Waals surface area contributed by atoms with Gasteiger partial charge in [0.2, 0.25) is 21.9 Å². The van der Waals surface area contributed by atoms with Crippen molar-refractivity contribution in [3.63, 3.8) is 0 Å². The molecule has 1 aromatic carbocycles. The lowest BCUT2D eigenvalue weighted by Crippen LogP contribution is -2.35. The van der Waals surface area contributed by atoms with Crippen LogP contribution >= 0.6 is 0 Å². The number of aromatic nitrogens is 3. The monoisotopic (exact) mass is 443 g/mol. The maximum atomic E-state index is 13.8. The van der Waals surface area contributed by atoms with E-state index in [9.17, 15) is 31.2 Å². The second-order valence-corrected chi connectivity index (χ2v) is 8.44. The molecule has 3 aromatic rings. The number of hydrogen-bond acceptors (Lipinski definition) is 5. The number of rotatable bonds is 6. The first-order valence-electron chi connectivity index (χ1n) is 8.39. The first-order chi connectivity index (χ1) is 14.0. The summed E-state index contributed by atoms with van der Waals surface area (Å²) >= 11 is 0. The minimum atomic E-state index is -4.49. The molecule has 0 radical (unpaired) electrons. The fourth-order valence-electron chi connectivity index (χ4n) is 2.68. The van der Waals surface area contributed by atoms with Crippen molar-refractivity contribution in [2.75, 3.05) is 18.9 Å². The van der Waals surface area contributed by atoms with Crippen molar-refractivity contribution < 1.29 is 26.4 Å². The zero-order valence-electron chi connectivity index (χ0n) is 15.7. The van der Waals surface area contributed by atoms with Crippen LogP contribution in [0.15, 0.2) is 40.2 Å². The maximum absolute atomic E-state index is 13.8. The standard InChI is InChI=1S/C17H16F3N5O4S/c1-24-4-3-10(7-14(24)27)21-13(26)8-25(2)30(28,29)12-6-9(16(18)19)5-11-15(12)22-23-17(11)20/h3-7,16H,8H2,1-2H3,(H,21,26)(H,22,23). The minimum Gasteiger partial charge on any atom is -0.325 e. The Morgan fingerprint density at radius 2 is 2.03 bits per heavy atom. The fourth-order valence-corrected chi connectivity index (χ4v) is 3.99. The summed E-state index contributed by atoms with van der Waals surface area (Å²) in [6.45, 7) is -0.690. The highest BCUT2D eigenvalue weighted by Gasteiger charge is 2.29. The van der Waals surface area contributed by atoms with Crippen LogP contribution in [0.3, 0.4) is 0 Å². The SMILES string of the molecule is CN(CC(=O)Nc1ccn(C)c(=O)c1)S(=O)(=O)c1cc(C(F)F)cc2c(F)[nH]nc12. The van der Waals surface area contributed by atoms with Gasteiger partial charge in [-0.05, 0) is 18.2 Å². The van der Waals surface area contributed by atoms with Crippen molar-refractivity contribution in [1.82, 2.24) is 19.1 Å². The molecule has 2 heterocycles. The summed E-state index contributed by atoms with van der Waals surface area (Å²) in [7, 11) is -1.91. The van der Waals surface area contributed by atoms with Crippen LogP contribution in [0.5, 0.6) is 0 Å². The van der Waals surface area contributed by atoms with Gasteiger partial charge < -0.3 is 9.88 Å². The Labute approximate surface area is 168 Å². The first kappa shape index (κ1) is 21.5. The average Bonchev–Trinajstić information content (AvgIpc) is 3.04. The third-order valence-electron chi connectivity index (χ3n) is 4.29. The van der Waals surface area contributed by atoms with Crippen LogP contribution in [0, 0.1) is 5.95 Å². The van der Waals surface area contributed by atoms with E-state index in [4.69, 9.17) is 0 Å². The highest BCUT2D eigenvalue weighted by atomic mass is 32.2. The van der Waals surface area contributed by atoms with Gasteiger partial charge in [-0.15, -0.1) is 0 Å². The van der Waals surface area contributed by atoms with Gasteiger partial charge in [0.1, 0.15) is 10.4 Å². The summed E-state index contributed by atoms with van der Waals surface area (Å²) in [5.41, 5.74) is -1.30. The molecule has 0 saturated heterocycles. The molecule has 0 spiro atoms. The molecule has 0 saturated carbocycles. The van der Waals surface area contributed by atoms with E-state index in [-0.39, 0.29) is 16.8 Å². The number of aryl methyl sites for hydroxylation is 1. The van der Waals surface area contributed by atoms with Gasteiger partial charge in [-0.3, -0.25) is 14.7 Å². The number of carbonyl (C=O) groups is 1. The molecule has 0 aliphatic heterocycles. The van der Waals surface area contributed by atoms with Gasteiger partial charge in [-0.1, -0.05) is 0 Å². The van der Waals surface area contributed by atoms with Crippen LogP contribution in [0.4, 0.5) is 18.9 Å². The number of nitrogens with zero attached hydrogens (tertiary/aromatic N) is 3. The van der Waals surface area contributed by atoms with E-state index in [0.29, 0.717) is 10.4 Å². The van der Waals surface area contributed by atoms with Crippen molar-refractivity contribution in [3.05, 3.63) is 52.3 Å². The van der Waals surface area contributed by atoms with Crippen LogP contribution < -0.4 is 10.9 Å². The number of carbonyl (C=O) groups excluding carboxylic acids is 1. The van der Waals surface area contributed by atoms with Crippen LogP contribution in [0.1, 0.15) is 12.0 Å². The molecule has 3 rings (SSSR count). The molecule has 0 unspecified atom stereocenters. The normalized spacial score (nSPS) is 12.1. The molecule has 2 N–H and O–H groups in total. The summed E-state index contributed by atoms with van der Waals surface area (Å²) in [6.07, 6.45) is -1.64. The summed E-state index contributed by atoms with van der Waals surface area (Å²) < 4.78 is 67.8. The highest BCUT2D eigenvalue weighted by Crippen LogP contribution is 2.31. The lowest BCUT2D eigenvalue weighted by molar-refractivity contribution is -0.116. The van der Waals surface area contributed by atoms with Gasteiger partial charge in [0.25, 0.3) is 12.0 Å². The van der Waals surface area contributed by atoms with Gasteiger partial charge in [0.15, 0.2) is 0 Å². The van der Waals surface area contributed by atoms with Gasteiger partial charge in [-0.25, -0.2) is 17.2 Å². The van der Waals surface area contributed by atoms with Gasteiger partial charge in [0, 0.05) is 37.6 Å². The number of anilines is 1. The van der Waals surface area contributed by atoms with E-state index in [2.05, 4.69) is 10.4 Å². The Morgan fingerprint density at radius 1 is 1.33 bits per heavy atom. The lowest BCUT2D eigenvalue weighted by Gasteiger charge is -2.18. The van der Waals surface area contributed by atoms with Crippen molar-refractivity contribution in [1.29, 1.82) is 0 Å². The molecule has 0 fully saturated rings. The number of amides is 1. The molecule has 0 aliphatic rings. The molecular formula is C17H16F3N5O4S. The molecule has 13 heteroatoms. The topological polar surface area (TPSA) is 117 Å². The number of fused-ring (bicyclic) bond motifs is 1. The van der Waals surface area contributed by atoms with Crippen LogP contribution in [0.2, 0.25) is 0 Å². The summed E-state index contributed by atoms with van der Waals surface area (Å²) in [6, 6.07) is 4.09. The number of aromatic amines is 1. The Balaban J connectivity index is 1.90. The van der Waals surface area contributed by atoms with Gasteiger partial charge >= 0.3 is 0 Å². The number of sulfonamides is 1. The lowest BCUT2D eigenvalue weighted by atomic mass is 10.1. The zero-order chi connectivity index (χ0) is 22.2. The summed E-state index contributed by atoms with van der Waals surface area (Å²) in [4.78, 5) is 23.1. The van der Waals surface area contributed by atoms with Crippen molar-refractivity contribution in [2.45, 2.75) is 11.3 Å². The number of halogens is 3. The van der Waals surface area contributed by atoms with Gasteiger partial charge in [0.05, 0.1) is 11.9 Å². The largest absolute Gasteiger partial charge is 0.325 e. The third-order valence-corrected chi connectivity index (χ3v) is 6.11. The van der Waals surface area contributed by atoms with Crippen molar-refractivity contribution in [3.8, 4) is 0 Å². The molecule has 30 heavy (non-hydrogen) atoms. The predicted molar refractivity (Wildman–Crippen MR) is 101 cm³/mol. The van der Waals surface area contributed by atoms with E-state index in [1.165, 1.54) is 23.9 Å². The van der Waals surface area contributed by atoms with E-state index in [0.717, 1.165) is 19.2 Å². The quantitative estimate of drug-likeness (QED) is 0.600. The molecular weight excluding hydrogens is 427 g/mol. The molecule has 0 bridgehead atoms. The molecule has 1 amide bonds. The van der Waals surface area contributed by atoms with Crippen LogP contribution in [-0.4, -0.2) is 47.0 Å². The first-order valence-corrected chi connectivity index (χ1v) is 9.83. The second-order valence-electron chi connectivity index (χ2n) is 6.43. The smallest absolute Gasteiger partial charge is 0.263 e. The van der Waals surface area contributed by atoms with E-state index >= 15 is 0 Å². The number of alkyl halides is 2. The Morgan fingerprint density at radius 3 is 2.67 bits per heavy atom. The Bertz CT molecular complexity index is 1290. The zero-order valence-corrected chi connectivity index (χ0v) is 16.5. The third kappa shape index (κ3) is 4.07. The van der Waals surface area contributed by atoms with E-state index in [1.54, 1.807) is 0 Å². The van der Waals surface area contributed by atoms with Crippen molar-refractivity contribution in [2.24, 2.45) is 7.05 Å². The summed E-state index contributed by atoms with van der Waals surface area (Å²) in [5.74, 6) is -1.83. The number of likely N-dealkylation sites (N-methyl/N-ethyl adjacent to an activating group) is 1. The van der Waals surface area contributed by atoms with E-state index < -0.39 is 50.7 Å². The molecule has 0 atom stereocenters. The number of nitrogens with one attached hydrogen (secondary N) is 2. The maximum Gasteiger partial charge on any atom is 0.263 e. The highest BCUT2D eigenvalue weighted by molar-refractivity contribution is 7.89. The molecule has 160 valence electrons. The Kier molecular flexibility index (Phi) is 5.67. The molecule has 2 aromatic heterocycles. The van der Waals surface area contributed by atoms with Crippen molar-refractivity contribution >= 4 is 32.5 Å². The molecule has 9 nitrogen and oxygen atoms in total. The predicted octanol–water partition coefficient (Wildman–Crippen LogP) is 1.60. The number of benzene rings is 1. The van der Waals surface area contributed by atoms with Crippen LogP contribution in [-0.2, 0) is 21.9 Å². The number of H-pyrrole nitrogens is 1. The van der Waals surface area contributed by atoms with Crippen LogP contribution in [0.25, 0.3) is 10.9 Å². The number of pyridine rings is 1. The Hall–Kier alpha value is -3.19.